The second-order valence-corrected chi connectivity index (χ2v) is 4.24. The summed E-state index contributed by atoms with van der Waals surface area (Å²) in [5.74, 6) is 0.920. The predicted octanol–water partition coefficient (Wildman–Crippen LogP) is 3.41. The first-order chi connectivity index (χ1) is 9.15. The third-order valence-electron chi connectivity index (χ3n) is 2.34. The Kier molecular flexibility index (Phi) is 4.05. The van der Waals surface area contributed by atoms with Crippen LogP contribution in [0.15, 0.2) is 24.5 Å². The molecule has 2 rings (SSSR count). The van der Waals surface area contributed by atoms with Crippen LogP contribution < -0.4 is 10.1 Å². The molecule has 7 heteroatoms. The van der Waals surface area contributed by atoms with Gasteiger partial charge in [0.2, 0.25) is 0 Å². The first kappa shape index (κ1) is 13.4. The molecule has 1 N–H and O–H groups in total. The van der Waals surface area contributed by atoms with Crippen molar-refractivity contribution in [3.05, 3.63) is 40.3 Å². The molecule has 5 nitrogen and oxygen atoms in total. The molecule has 1 aromatic carbocycles. The lowest BCUT2D eigenvalue weighted by Crippen LogP contribution is -1.99. The maximum Gasteiger partial charge on any atom is 0.153 e. The van der Waals surface area contributed by atoms with Crippen LogP contribution in [-0.4, -0.2) is 17.1 Å². The van der Waals surface area contributed by atoms with Crippen molar-refractivity contribution in [3.63, 3.8) is 0 Å². The van der Waals surface area contributed by atoms with Gasteiger partial charge in [0.1, 0.15) is 23.7 Å². The van der Waals surface area contributed by atoms with E-state index in [9.17, 15) is 0 Å². The van der Waals surface area contributed by atoms with Crippen molar-refractivity contribution >= 4 is 34.7 Å². The number of nitrogens with zero attached hydrogens (tertiary/aromatic N) is 3. The van der Waals surface area contributed by atoms with E-state index in [1.54, 1.807) is 25.3 Å². The molecule has 0 aliphatic carbocycles. The number of aromatic nitrogens is 2. The monoisotopic (exact) mass is 294 g/mol. The molecule has 96 valence electrons. The number of hydrogen-bond donors (Lipinski definition) is 1. The molecule has 0 bridgehead atoms. The van der Waals surface area contributed by atoms with Crippen LogP contribution in [0, 0.1) is 11.3 Å². The quantitative estimate of drug-likeness (QED) is 0.879. The fourth-order valence-corrected chi connectivity index (χ4v) is 1.75. The van der Waals surface area contributed by atoms with Crippen LogP contribution in [0.3, 0.4) is 0 Å². The Labute approximate surface area is 119 Å². The molecule has 1 heterocycles. The molecule has 0 fully saturated rings. The third kappa shape index (κ3) is 2.87. The minimum Gasteiger partial charge on any atom is -0.497 e. The van der Waals surface area contributed by atoms with Gasteiger partial charge in [-0.2, -0.15) is 5.26 Å². The van der Waals surface area contributed by atoms with Crippen molar-refractivity contribution in [2.75, 3.05) is 12.4 Å². The SMILES string of the molecule is COc1ccc(Cl)c(Nc2ncnc(Cl)c2C#N)c1. The van der Waals surface area contributed by atoms with Crippen molar-refractivity contribution in [1.29, 1.82) is 5.26 Å². The summed E-state index contributed by atoms with van der Waals surface area (Å²) in [5.41, 5.74) is 0.718. The van der Waals surface area contributed by atoms with E-state index < -0.39 is 0 Å². The van der Waals surface area contributed by atoms with Gasteiger partial charge in [-0.1, -0.05) is 23.2 Å². The molecule has 0 atom stereocenters. The zero-order chi connectivity index (χ0) is 13.8. The number of halogens is 2. The number of methoxy groups -OCH3 is 1. The molecule has 2 aromatic rings. The fraction of sp³-hybridized carbons (Fsp3) is 0.0833. The Hall–Kier alpha value is -2.03. The van der Waals surface area contributed by atoms with Crippen LogP contribution >= 0.6 is 23.2 Å². The highest BCUT2D eigenvalue weighted by atomic mass is 35.5. The number of hydrogen-bond acceptors (Lipinski definition) is 5. The Morgan fingerprint density at radius 1 is 1.32 bits per heavy atom. The maximum atomic E-state index is 9.04. The summed E-state index contributed by atoms with van der Waals surface area (Å²) in [7, 11) is 1.55. The number of anilines is 2. The summed E-state index contributed by atoms with van der Waals surface area (Å²) in [6.45, 7) is 0. The van der Waals surface area contributed by atoms with Crippen LogP contribution in [0.25, 0.3) is 0 Å². The van der Waals surface area contributed by atoms with Gasteiger partial charge in [-0.25, -0.2) is 9.97 Å². The molecule has 0 saturated carbocycles. The number of nitrogens with one attached hydrogen (secondary N) is 1. The van der Waals surface area contributed by atoms with Gasteiger partial charge >= 0.3 is 0 Å². The van der Waals surface area contributed by atoms with Gasteiger partial charge in [-0.15, -0.1) is 0 Å². The number of nitriles is 1. The highest BCUT2D eigenvalue weighted by Gasteiger charge is 2.11. The highest BCUT2D eigenvalue weighted by Crippen LogP contribution is 2.30. The minimum atomic E-state index is 0.0824. The average molecular weight is 295 g/mol. The largest absolute Gasteiger partial charge is 0.497 e. The van der Waals surface area contributed by atoms with Gasteiger partial charge in [-0.3, -0.25) is 0 Å². The molecule has 0 aliphatic rings. The maximum absolute atomic E-state index is 9.04. The van der Waals surface area contributed by atoms with Crippen molar-refractivity contribution in [2.24, 2.45) is 0 Å². The zero-order valence-electron chi connectivity index (χ0n) is 9.82. The summed E-state index contributed by atoms with van der Waals surface area (Å²) in [5, 5.41) is 12.5. The van der Waals surface area contributed by atoms with Gasteiger partial charge in [0.15, 0.2) is 11.0 Å². The first-order valence-corrected chi connectivity index (χ1v) is 5.92. The van der Waals surface area contributed by atoms with Crippen LogP contribution in [0.5, 0.6) is 5.75 Å². The van der Waals surface area contributed by atoms with E-state index in [1.165, 1.54) is 6.33 Å². The number of ether oxygens (including phenoxy) is 1. The lowest BCUT2D eigenvalue weighted by Gasteiger charge is -2.10. The van der Waals surface area contributed by atoms with Gasteiger partial charge in [0.25, 0.3) is 0 Å². The van der Waals surface area contributed by atoms with Crippen LogP contribution in [0.4, 0.5) is 11.5 Å². The Balaban J connectivity index is 2.42. The normalized spacial score (nSPS) is 9.79. The molecular weight excluding hydrogens is 287 g/mol. The van der Waals surface area contributed by atoms with Crippen LogP contribution in [0.2, 0.25) is 10.2 Å². The van der Waals surface area contributed by atoms with Crippen LogP contribution in [-0.2, 0) is 0 Å². The molecule has 0 saturated heterocycles. The van der Waals surface area contributed by atoms with Gasteiger partial charge in [0.05, 0.1) is 17.8 Å². The summed E-state index contributed by atoms with van der Waals surface area (Å²) >= 11 is 11.9. The molecule has 19 heavy (non-hydrogen) atoms. The van der Waals surface area contributed by atoms with Crippen molar-refractivity contribution in [3.8, 4) is 11.8 Å². The second-order valence-electron chi connectivity index (χ2n) is 3.47. The molecule has 1 aromatic heterocycles. The minimum absolute atomic E-state index is 0.0824. The second kappa shape index (κ2) is 5.74. The molecule has 0 amide bonds. The number of benzene rings is 1. The van der Waals surface area contributed by atoms with E-state index >= 15 is 0 Å². The Morgan fingerprint density at radius 2 is 2.11 bits per heavy atom. The van der Waals surface area contributed by atoms with Crippen molar-refractivity contribution in [2.45, 2.75) is 0 Å². The Morgan fingerprint density at radius 3 is 2.79 bits per heavy atom. The Bertz CT molecular complexity index is 655. The summed E-state index contributed by atoms with van der Waals surface area (Å²) in [6.07, 6.45) is 1.26. The first-order valence-electron chi connectivity index (χ1n) is 5.17. The van der Waals surface area contributed by atoms with E-state index in [-0.39, 0.29) is 16.5 Å². The van der Waals surface area contributed by atoms with Gasteiger partial charge in [-0.05, 0) is 12.1 Å². The van der Waals surface area contributed by atoms with Crippen molar-refractivity contribution in [1.82, 2.24) is 9.97 Å². The van der Waals surface area contributed by atoms with E-state index in [4.69, 9.17) is 33.2 Å². The van der Waals surface area contributed by atoms with E-state index in [0.29, 0.717) is 16.5 Å². The van der Waals surface area contributed by atoms with E-state index in [2.05, 4.69) is 15.3 Å². The average Bonchev–Trinajstić information content (AvgIpc) is 2.41. The summed E-state index contributed by atoms with van der Waals surface area (Å²) in [4.78, 5) is 7.72. The zero-order valence-corrected chi connectivity index (χ0v) is 11.3. The standard InChI is InChI=1S/C12H8Cl2N4O/c1-19-7-2-3-9(13)10(4-7)18-12-8(5-15)11(14)16-6-17-12/h2-4,6H,1H3,(H,16,17,18). The van der Waals surface area contributed by atoms with Crippen molar-refractivity contribution < 1.29 is 4.74 Å². The van der Waals surface area contributed by atoms with Gasteiger partial charge < -0.3 is 10.1 Å². The lowest BCUT2D eigenvalue weighted by molar-refractivity contribution is 0.415. The summed E-state index contributed by atoms with van der Waals surface area (Å²) < 4.78 is 5.11. The molecule has 0 aliphatic heterocycles. The molecule has 0 spiro atoms. The molecule has 0 radical (unpaired) electrons. The third-order valence-corrected chi connectivity index (χ3v) is 2.96. The lowest BCUT2D eigenvalue weighted by atomic mass is 10.2. The molecular formula is C12H8Cl2N4O. The predicted molar refractivity (Wildman–Crippen MR) is 73.0 cm³/mol. The highest BCUT2D eigenvalue weighted by molar-refractivity contribution is 6.33. The van der Waals surface area contributed by atoms with E-state index in [0.717, 1.165) is 0 Å². The van der Waals surface area contributed by atoms with Crippen LogP contribution in [0.1, 0.15) is 5.56 Å². The molecule has 0 unspecified atom stereocenters. The fourth-order valence-electron chi connectivity index (χ4n) is 1.41. The summed E-state index contributed by atoms with van der Waals surface area (Å²) in [6, 6.07) is 7.04. The number of rotatable bonds is 3. The topological polar surface area (TPSA) is 70.8 Å². The van der Waals surface area contributed by atoms with Gasteiger partial charge in [0, 0.05) is 6.07 Å². The smallest absolute Gasteiger partial charge is 0.153 e. The van der Waals surface area contributed by atoms with E-state index in [1.807, 2.05) is 6.07 Å².